The summed E-state index contributed by atoms with van der Waals surface area (Å²) in [7, 11) is 2.03. The predicted molar refractivity (Wildman–Crippen MR) is 65.0 cm³/mol. The maximum atomic E-state index is 9.12. The van der Waals surface area contributed by atoms with Crippen molar-refractivity contribution >= 4 is 16.5 Å². The molecule has 0 amide bonds. The van der Waals surface area contributed by atoms with Crippen molar-refractivity contribution in [2.75, 3.05) is 25.1 Å². The molecule has 1 aromatic heterocycles. The van der Waals surface area contributed by atoms with E-state index in [4.69, 9.17) is 9.84 Å². The topological polar surface area (TPSA) is 45.6 Å². The van der Waals surface area contributed by atoms with E-state index in [1.165, 1.54) is 0 Å². The van der Waals surface area contributed by atoms with Gasteiger partial charge in [0.15, 0.2) is 5.13 Å². The Bertz CT molecular complexity index is 348. The third-order valence-corrected chi connectivity index (χ3v) is 4.11. The predicted octanol–water partition coefficient (Wildman–Crippen LogP) is 1.56. The van der Waals surface area contributed by atoms with Crippen molar-refractivity contribution in [3.8, 4) is 0 Å². The molecule has 0 saturated carbocycles. The van der Waals surface area contributed by atoms with Crippen LogP contribution < -0.4 is 4.90 Å². The monoisotopic (exact) mass is 242 g/mol. The van der Waals surface area contributed by atoms with E-state index in [1.807, 2.05) is 14.0 Å². The van der Waals surface area contributed by atoms with Gasteiger partial charge in [-0.2, -0.15) is 0 Å². The van der Waals surface area contributed by atoms with Gasteiger partial charge < -0.3 is 14.7 Å². The van der Waals surface area contributed by atoms with Gasteiger partial charge in [0, 0.05) is 20.2 Å². The number of likely N-dealkylation sites (N-methyl/N-ethyl adjacent to an activating group) is 1. The normalized spacial score (nSPS) is 20.3. The molecule has 1 saturated heterocycles. The quantitative estimate of drug-likeness (QED) is 0.870. The Morgan fingerprint density at radius 1 is 1.62 bits per heavy atom. The summed E-state index contributed by atoms with van der Waals surface area (Å²) in [6.07, 6.45) is 2.64. The van der Waals surface area contributed by atoms with Crippen molar-refractivity contribution in [1.29, 1.82) is 0 Å². The number of nitrogens with zero attached hydrogens (tertiary/aromatic N) is 2. The number of aryl methyl sites for hydroxylation is 1. The van der Waals surface area contributed by atoms with Crippen molar-refractivity contribution < 1.29 is 9.84 Å². The molecule has 1 aliphatic rings. The summed E-state index contributed by atoms with van der Waals surface area (Å²) >= 11 is 1.56. The van der Waals surface area contributed by atoms with Crippen LogP contribution in [-0.4, -0.2) is 36.4 Å². The average Bonchev–Trinajstić information content (AvgIpc) is 2.87. The highest BCUT2D eigenvalue weighted by Gasteiger charge is 2.19. The lowest BCUT2D eigenvalue weighted by molar-refractivity contribution is 0.116. The second kappa shape index (κ2) is 5.12. The van der Waals surface area contributed by atoms with Crippen LogP contribution in [0.1, 0.15) is 23.4 Å². The van der Waals surface area contributed by atoms with Crippen molar-refractivity contribution in [3.63, 3.8) is 0 Å². The van der Waals surface area contributed by atoms with Gasteiger partial charge in [0.25, 0.3) is 0 Å². The van der Waals surface area contributed by atoms with E-state index >= 15 is 0 Å². The van der Waals surface area contributed by atoms with E-state index in [0.717, 1.165) is 41.7 Å². The lowest BCUT2D eigenvalue weighted by atomic mass is 10.2. The molecule has 4 nitrogen and oxygen atoms in total. The molecule has 16 heavy (non-hydrogen) atoms. The van der Waals surface area contributed by atoms with E-state index in [1.54, 1.807) is 11.3 Å². The lowest BCUT2D eigenvalue weighted by Gasteiger charge is -2.19. The van der Waals surface area contributed by atoms with Crippen LogP contribution in [0.3, 0.4) is 0 Å². The highest BCUT2D eigenvalue weighted by atomic mass is 32.1. The third-order valence-electron chi connectivity index (χ3n) is 2.85. The fourth-order valence-electron chi connectivity index (χ4n) is 1.89. The summed E-state index contributed by atoms with van der Waals surface area (Å²) in [6.45, 7) is 3.79. The first-order valence-corrected chi connectivity index (χ1v) is 6.42. The van der Waals surface area contributed by atoms with Crippen LogP contribution in [0.4, 0.5) is 5.13 Å². The number of aliphatic hydroxyl groups excluding tert-OH is 1. The summed E-state index contributed by atoms with van der Waals surface area (Å²) in [6, 6.07) is 0. The Kier molecular flexibility index (Phi) is 3.78. The van der Waals surface area contributed by atoms with Gasteiger partial charge in [0.1, 0.15) is 0 Å². The number of aromatic nitrogens is 1. The molecule has 2 rings (SSSR count). The van der Waals surface area contributed by atoms with E-state index in [0.29, 0.717) is 6.10 Å². The van der Waals surface area contributed by atoms with Crippen LogP contribution in [0.5, 0.6) is 0 Å². The van der Waals surface area contributed by atoms with Crippen LogP contribution in [0.25, 0.3) is 0 Å². The molecule has 90 valence electrons. The Hall–Kier alpha value is -0.650. The molecule has 5 heteroatoms. The van der Waals surface area contributed by atoms with E-state index < -0.39 is 0 Å². The minimum absolute atomic E-state index is 0.0806. The van der Waals surface area contributed by atoms with Crippen molar-refractivity contribution in [3.05, 3.63) is 10.6 Å². The van der Waals surface area contributed by atoms with Gasteiger partial charge in [0.05, 0.1) is 23.3 Å². The first-order valence-electron chi connectivity index (χ1n) is 5.60. The first-order chi connectivity index (χ1) is 7.70. The number of anilines is 1. The molecule has 0 aliphatic carbocycles. The highest BCUT2D eigenvalue weighted by molar-refractivity contribution is 7.15. The zero-order valence-electron chi connectivity index (χ0n) is 9.77. The molecule has 0 bridgehead atoms. The second-order valence-electron chi connectivity index (χ2n) is 4.18. The van der Waals surface area contributed by atoms with Gasteiger partial charge in [-0.05, 0) is 19.8 Å². The van der Waals surface area contributed by atoms with Crippen molar-refractivity contribution in [2.24, 2.45) is 0 Å². The Morgan fingerprint density at radius 3 is 3.00 bits per heavy atom. The van der Waals surface area contributed by atoms with Gasteiger partial charge in [-0.3, -0.25) is 0 Å². The Labute approximate surface area is 99.9 Å². The molecule has 1 aromatic rings. The molecule has 1 fully saturated rings. The molecule has 0 radical (unpaired) electrons. The van der Waals surface area contributed by atoms with Gasteiger partial charge in [-0.25, -0.2) is 4.98 Å². The van der Waals surface area contributed by atoms with Crippen LogP contribution in [0.15, 0.2) is 0 Å². The zero-order valence-corrected chi connectivity index (χ0v) is 10.6. The molecular formula is C11H18N2O2S. The van der Waals surface area contributed by atoms with Gasteiger partial charge >= 0.3 is 0 Å². The molecule has 1 aliphatic heterocycles. The number of thiazole rings is 1. The van der Waals surface area contributed by atoms with Crippen molar-refractivity contribution in [1.82, 2.24) is 4.98 Å². The van der Waals surface area contributed by atoms with E-state index in [-0.39, 0.29) is 6.61 Å². The summed E-state index contributed by atoms with van der Waals surface area (Å²) < 4.78 is 5.59. The number of hydrogen-bond donors (Lipinski definition) is 1. The van der Waals surface area contributed by atoms with Crippen LogP contribution >= 0.6 is 11.3 Å². The first kappa shape index (κ1) is 11.8. The maximum absolute atomic E-state index is 9.12. The summed E-state index contributed by atoms with van der Waals surface area (Å²) in [5.74, 6) is 0. The van der Waals surface area contributed by atoms with Gasteiger partial charge in [0.2, 0.25) is 0 Å². The standard InChI is InChI=1S/C11H18N2O2S/c1-8-10(7-14)16-11(12-8)13(2)6-9-4-3-5-15-9/h9,14H,3-7H2,1-2H3. The lowest BCUT2D eigenvalue weighted by Crippen LogP contribution is -2.28. The minimum atomic E-state index is 0.0806. The molecule has 0 aromatic carbocycles. The molecule has 0 spiro atoms. The van der Waals surface area contributed by atoms with Crippen LogP contribution in [0.2, 0.25) is 0 Å². The maximum Gasteiger partial charge on any atom is 0.185 e. The second-order valence-corrected chi connectivity index (χ2v) is 5.24. The fourth-order valence-corrected chi connectivity index (χ4v) is 2.79. The number of hydrogen-bond acceptors (Lipinski definition) is 5. The molecule has 1 unspecified atom stereocenters. The Morgan fingerprint density at radius 2 is 2.44 bits per heavy atom. The molecule has 2 heterocycles. The third kappa shape index (κ3) is 2.53. The molecule has 1 atom stereocenters. The summed E-state index contributed by atoms with van der Waals surface area (Å²) in [5.41, 5.74) is 0.932. The molecule has 1 N–H and O–H groups in total. The van der Waals surface area contributed by atoms with Gasteiger partial charge in [-0.15, -0.1) is 0 Å². The number of ether oxygens (including phenoxy) is 1. The fraction of sp³-hybridized carbons (Fsp3) is 0.727. The SMILES string of the molecule is Cc1nc(N(C)CC2CCCO2)sc1CO. The number of aliphatic hydroxyl groups is 1. The van der Waals surface area contributed by atoms with Gasteiger partial charge in [-0.1, -0.05) is 11.3 Å². The summed E-state index contributed by atoms with van der Waals surface area (Å²) in [4.78, 5) is 7.52. The minimum Gasteiger partial charge on any atom is -0.391 e. The van der Waals surface area contributed by atoms with Crippen LogP contribution in [0, 0.1) is 6.92 Å². The van der Waals surface area contributed by atoms with Crippen molar-refractivity contribution in [2.45, 2.75) is 32.5 Å². The van der Waals surface area contributed by atoms with E-state index in [2.05, 4.69) is 9.88 Å². The Balaban J connectivity index is 1.99. The average molecular weight is 242 g/mol. The smallest absolute Gasteiger partial charge is 0.185 e. The van der Waals surface area contributed by atoms with E-state index in [9.17, 15) is 0 Å². The van der Waals surface area contributed by atoms with Crippen LogP contribution in [-0.2, 0) is 11.3 Å². The highest BCUT2D eigenvalue weighted by Crippen LogP contribution is 2.26. The summed E-state index contributed by atoms with van der Waals surface area (Å²) in [5, 5.41) is 10.1. The number of rotatable bonds is 4. The largest absolute Gasteiger partial charge is 0.391 e. The zero-order chi connectivity index (χ0) is 11.5. The molecular weight excluding hydrogens is 224 g/mol.